The van der Waals surface area contributed by atoms with Crippen LogP contribution in [0.4, 0.5) is 0 Å². The zero-order chi connectivity index (χ0) is 43.0. The Balaban J connectivity index is 3.54. The van der Waals surface area contributed by atoms with Gasteiger partial charge >= 0.3 is 5.97 Å². The molecule has 0 fully saturated rings. The summed E-state index contributed by atoms with van der Waals surface area (Å²) in [6.07, 6.45) is 60.8. The Kier molecular flexibility index (Phi) is 46.2. The van der Waals surface area contributed by atoms with E-state index < -0.39 is 12.1 Å². The number of ether oxygens (including phenoxy) is 1. The summed E-state index contributed by atoms with van der Waals surface area (Å²) in [6.45, 7) is 4.78. The molecule has 0 bridgehead atoms. The van der Waals surface area contributed by atoms with E-state index in [2.05, 4.69) is 67.8 Å². The molecule has 0 aromatic heterocycles. The summed E-state index contributed by atoms with van der Waals surface area (Å²) >= 11 is 0. The fourth-order valence-electron chi connectivity index (χ4n) is 7.10. The third-order valence-corrected chi connectivity index (χ3v) is 11.0. The summed E-state index contributed by atoms with van der Waals surface area (Å²) in [4.78, 5) is 24.4. The van der Waals surface area contributed by atoms with Gasteiger partial charge in [-0.1, -0.05) is 184 Å². The van der Waals surface area contributed by atoms with Gasteiger partial charge in [-0.15, -0.1) is 0 Å². The molecule has 1 amide bonds. The molecule has 6 nitrogen and oxygen atoms in total. The van der Waals surface area contributed by atoms with Gasteiger partial charge in [-0.2, -0.15) is 0 Å². The summed E-state index contributed by atoms with van der Waals surface area (Å²) in [7, 11) is 0. The van der Waals surface area contributed by atoms with Gasteiger partial charge in [-0.25, -0.2) is 0 Å². The summed E-state index contributed by atoms with van der Waals surface area (Å²) in [5.41, 5.74) is 0. The highest BCUT2D eigenvalue weighted by molar-refractivity contribution is 5.76. The predicted molar refractivity (Wildman–Crippen MR) is 255 cm³/mol. The number of unbranched alkanes of at least 4 members (excludes halogenated alkanes) is 26. The van der Waals surface area contributed by atoms with E-state index in [9.17, 15) is 19.8 Å². The van der Waals surface area contributed by atoms with Crippen LogP contribution in [0.3, 0.4) is 0 Å². The van der Waals surface area contributed by atoms with E-state index in [1.165, 1.54) is 116 Å². The normalized spacial score (nSPS) is 13.2. The van der Waals surface area contributed by atoms with Crippen molar-refractivity contribution in [2.45, 2.75) is 251 Å². The van der Waals surface area contributed by atoms with Crippen molar-refractivity contribution >= 4 is 11.9 Å². The van der Waals surface area contributed by atoms with Crippen molar-refractivity contribution in [3.63, 3.8) is 0 Å². The maximum Gasteiger partial charge on any atom is 0.305 e. The monoisotopic (exact) mass is 826 g/mol. The highest BCUT2D eigenvalue weighted by Crippen LogP contribution is 2.13. The summed E-state index contributed by atoms with van der Waals surface area (Å²) in [5, 5.41) is 22.9. The standard InChI is InChI=1S/C53H95NO5/c1-3-5-7-9-11-13-15-16-20-24-27-31-35-39-43-47-53(58)59-48-44-40-36-32-28-25-22-19-17-18-21-23-26-30-34-38-42-46-52(57)54-50(49-55)51(56)45-41-37-33-29-14-12-10-8-6-4-2/h11,13,16-17,19-20,25,28,41,45,50-51,55-56H,3-10,12,14-15,18,21-24,26-27,29-40,42-44,46-49H2,1-2H3,(H,54,57)/b13-11-,19-17-,20-16-,28-25-,45-41+. The molecule has 2 unspecified atom stereocenters. The Labute approximate surface area is 365 Å². The Morgan fingerprint density at radius 3 is 1.32 bits per heavy atom. The molecule has 0 spiro atoms. The first-order valence-electron chi connectivity index (χ1n) is 25.1. The van der Waals surface area contributed by atoms with Crippen molar-refractivity contribution in [1.82, 2.24) is 5.32 Å². The van der Waals surface area contributed by atoms with Crippen molar-refractivity contribution in [3.05, 3.63) is 60.8 Å². The van der Waals surface area contributed by atoms with Gasteiger partial charge in [-0.05, 0) is 103 Å². The highest BCUT2D eigenvalue weighted by Gasteiger charge is 2.18. The summed E-state index contributed by atoms with van der Waals surface area (Å²) < 4.78 is 5.43. The molecule has 0 aliphatic carbocycles. The summed E-state index contributed by atoms with van der Waals surface area (Å²) in [6, 6.07) is -0.640. The second-order valence-corrected chi connectivity index (χ2v) is 16.8. The zero-order valence-corrected chi connectivity index (χ0v) is 38.7. The molecule has 3 N–H and O–H groups in total. The fourth-order valence-corrected chi connectivity index (χ4v) is 7.10. The quantitative estimate of drug-likeness (QED) is 0.0323. The van der Waals surface area contributed by atoms with E-state index in [4.69, 9.17) is 4.74 Å². The molecule has 0 aromatic carbocycles. The number of rotatable bonds is 45. The first-order chi connectivity index (χ1) is 29.0. The molecule has 59 heavy (non-hydrogen) atoms. The minimum absolute atomic E-state index is 0.0320. The molecule has 0 radical (unpaired) electrons. The minimum Gasteiger partial charge on any atom is -0.466 e. The second-order valence-electron chi connectivity index (χ2n) is 16.8. The Bertz CT molecular complexity index is 1050. The van der Waals surface area contributed by atoms with Crippen LogP contribution < -0.4 is 5.32 Å². The number of hydrogen-bond donors (Lipinski definition) is 3. The number of aliphatic hydroxyl groups is 2. The van der Waals surface area contributed by atoms with Gasteiger partial charge in [0, 0.05) is 12.8 Å². The fraction of sp³-hybridized carbons (Fsp3) is 0.774. The zero-order valence-electron chi connectivity index (χ0n) is 38.7. The van der Waals surface area contributed by atoms with Gasteiger partial charge in [0.25, 0.3) is 0 Å². The molecule has 342 valence electrons. The third kappa shape index (κ3) is 44.9. The Morgan fingerprint density at radius 1 is 0.475 bits per heavy atom. The Hall–Kier alpha value is -2.44. The van der Waals surface area contributed by atoms with Gasteiger partial charge < -0.3 is 20.3 Å². The molecule has 0 saturated heterocycles. The Morgan fingerprint density at radius 2 is 0.847 bits per heavy atom. The average Bonchev–Trinajstić information content (AvgIpc) is 3.24. The lowest BCUT2D eigenvalue weighted by Crippen LogP contribution is -2.45. The van der Waals surface area contributed by atoms with Crippen LogP contribution in [0.25, 0.3) is 0 Å². The van der Waals surface area contributed by atoms with Crippen LogP contribution in [-0.4, -0.2) is 47.4 Å². The number of hydrogen-bond acceptors (Lipinski definition) is 5. The molecule has 0 aliphatic rings. The lowest BCUT2D eigenvalue weighted by molar-refractivity contribution is -0.143. The van der Waals surface area contributed by atoms with Crippen LogP contribution in [0, 0.1) is 0 Å². The topological polar surface area (TPSA) is 95.9 Å². The number of allylic oxidation sites excluding steroid dienone is 9. The first-order valence-corrected chi connectivity index (χ1v) is 25.1. The SMILES string of the molecule is CCCCC/C=C\C/C=C\CCCCCCCC(=O)OCCCCC/C=C\C/C=C\CCCCCCCCCC(=O)NC(CO)C(O)/C=C/CCCCCCCCCC. The lowest BCUT2D eigenvalue weighted by Gasteiger charge is -2.20. The molecular weight excluding hydrogens is 731 g/mol. The maximum atomic E-state index is 12.4. The van der Waals surface area contributed by atoms with E-state index in [0.29, 0.717) is 19.4 Å². The maximum absolute atomic E-state index is 12.4. The molecule has 0 aliphatic heterocycles. The molecule has 2 atom stereocenters. The van der Waals surface area contributed by atoms with Crippen molar-refractivity contribution in [2.24, 2.45) is 0 Å². The van der Waals surface area contributed by atoms with Gasteiger partial charge in [0.15, 0.2) is 0 Å². The predicted octanol–water partition coefficient (Wildman–Crippen LogP) is 14.8. The number of esters is 1. The first kappa shape index (κ1) is 56.6. The number of amides is 1. The van der Waals surface area contributed by atoms with Crippen molar-refractivity contribution < 1.29 is 24.5 Å². The molecule has 0 heterocycles. The second kappa shape index (κ2) is 48.2. The van der Waals surface area contributed by atoms with Gasteiger partial charge in [0.2, 0.25) is 5.91 Å². The van der Waals surface area contributed by atoms with Crippen LogP contribution in [0.2, 0.25) is 0 Å². The number of carbonyl (C=O) groups is 2. The van der Waals surface area contributed by atoms with Crippen LogP contribution in [0.5, 0.6) is 0 Å². The van der Waals surface area contributed by atoms with Crippen LogP contribution in [0.1, 0.15) is 239 Å². The smallest absolute Gasteiger partial charge is 0.305 e. The molecular formula is C53H95NO5. The lowest BCUT2D eigenvalue weighted by atomic mass is 10.1. The number of carbonyl (C=O) groups excluding carboxylic acids is 2. The van der Waals surface area contributed by atoms with Crippen LogP contribution in [-0.2, 0) is 14.3 Å². The van der Waals surface area contributed by atoms with Crippen molar-refractivity contribution in [3.8, 4) is 0 Å². The molecule has 0 rings (SSSR count). The minimum atomic E-state index is -0.854. The van der Waals surface area contributed by atoms with Crippen molar-refractivity contribution in [1.29, 1.82) is 0 Å². The third-order valence-electron chi connectivity index (χ3n) is 11.0. The van der Waals surface area contributed by atoms with Gasteiger partial charge in [0.1, 0.15) is 0 Å². The molecule has 0 saturated carbocycles. The van der Waals surface area contributed by atoms with Gasteiger partial charge in [-0.3, -0.25) is 9.59 Å². The van der Waals surface area contributed by atoms with E-state index in [1.807, 2.05) is 6.08 Å². The largest absolute Gasteiger partial charge is 0.466 e. The molecule has 6 heteroatoms. The number of aliphatic hydroxyl groups excluding tert-OH is 2. The van der Waals surface area contributed by atoms with E-state index in [1.54, 1.807) is 6.08 Å². The average molecular weight is 826 g/mol. The van der Waals surface area contributed by atoms with Crippen molar-refractivity contribution in [2.75, 3.05) is 13.2 Å². The van der Waals surface area contributed by atoms with Crippen LogP contribution in [0.15, 0.2) is 60.8 Å². The van der Waals surface area contributed by atoms with E-state index >= 15 is 0 Å². The van der Waals surface area contributed by atoms with Gasteiger partial charge in [0.05, 0.1) is 25.4 Å². The highest BCUT2D eigenvalue weighted by atomic mass is 16.5. The van der Waals surface area contributed by atoms with E-state index in [-0.39, 0.29) is 18.5 Å². The number of nitrogens with one attached hydrogen (secondary N) is 1. The summed E-state index contributed by atoms with van der Waals surface area (Å²) in [5.74, 6) is -0.121. The van der Waals surface area contributed by atoms with Crippen LogP contribution >= 0.6 is 0 Å². The van der Waals surface area contributed by atoms with E-state index in [0.717, 1.165) is 96.3 Å². The molecule has 0 aromatic rings.